The summed E-state index contributed by atoms with van der Waals surface area (Å²) in [4.78, 5) is 7.79. The lowest BCUT2D eigenvalue weighted by atomic mass is 10.2. The molecule has 0 unspecified atom stereocenters. The Kier molecular flexibility index (Phi) is 1.41. The normalized spacial score (nSPS) is 15.4. The molecule has 2 aliphatic rings. The van der Waals surface area contributed by atoms with Crippen molar-refractivity contribution >= 4 is 25.2 Å². The Hall–Kier alpha value is -2.10. The van der Waals surface area contributed by atoms with Crippen LogP contribution in [0.15, 0.2) is 22.1 Å². The Labute approximate surface area is 79.5 Å². The van der Waals surface area contributed by atoms with Crippen LogP contribution in [0.5, 0.6) is 11.5 Å². The third-order valence-electron chi connectivity index (χ3n) is 2.06. The minimum absolute atomic E-state index is 0.694. The Morgan fingerprint density at radius 1 is 0.786 bits per heavy atom. The Balaban J connectivity index is 2.39. The molecule has 0 saturated heterocycles. The molecule has 0 aliphatic carbocycles. The Bertz CT molecular complexity index is 507. The molecule has 0 N–H and O–H groups in total. The second-order valence-corrected chi connectivity index (χ2v) is 2.91. The zero-order valence-corrected chi connectivity index (χ0v) is 7.18. The molecule has 14 heavy (non-hydrogen) atoms. The molecule has 2 aliphatic heterocycles. The molecule has 0 amide bonds. The van der Waals surface area contributed by atoms with Crippen molar-refractivity contribution in [3.05, 3.63) is 22.6 Å². The fourth-order valence-corrected chi connectivity index (χ4v) is 1.43. The Morgan fingerprint density at radius 2 is 1.29 bits per heavy atom. The second kappa shape index (κ2) is 2.70. The van der Waals surface area contributed by atoms with Crippen molar-refractivity contribution in [3.63, 3.8) is 0 Å². The molecule has 3 rings (SSSR count). The molecule has 4 nitrogen and oxygen atoms in total. The largest absolute Gasteiger partial charge is 0.441 e. The van der Waals surface area contributed by atoms with Crippen molar-refractivity contribution in [3.8, 4) is 11.5 Å². The van der Waals surface area contributed by atoms with Gasteiger partial charge in [-0.25, -0.2) is 9.98 Å². The van der Waals surface area contributed by atoms with Gasteiger partial charge in [0.25, 0.3) is 0 Å². The first-order chi connectivity index (χ1) is 6.95. The van der Waals surface area contributed by atoms with Crippen LogP contribution in [0.3, 0.4) is 0 Å². The molecule has 0 fully saturated rings. The number of hydrogen-bond donors (Lipinski definition) is 0. The topological polar surface area (TPSA) is 43.2 Å². The monoisotopic (exact) mass is 186 g/mol. The smallest absolute Gasteiger partial charge is 0.181 e. The van der Waals surface area contributed by atoms with Crippen molar-refractivity contribution in [2.24, 2.45) is 9.98 Å². The van der Waals surface area contributed by atoms with Crippen LogP contribution >= 0.6 is 0 Å². The third kappa shape index (κ3) is 0.939. The van der Waals surface area contributed by atoms with Crippen molar-refractivity contribution in [2.45, 2.75) is 0 Å². The molecular formula is C10H6N2O2. The van der Waals surface area contributed by atoms with E-state index in [1.54, 1.807) is 12.4 Å². The zero-order valence-electron chi connectivity index (χ0n) is 7.18. The molecule has 0 bridgehead atoms. The number of aliphatic imine (C=N–C) groups is 2. The molecule has 4 heteroatoms. The highest BCUT2D eigenvalue weighted by Crippen LogP contribution is 2.19. The van der Waals surface area contributed by atoms with Crippen LogP contribution in [-0.2, 0) is 0 Å². The number of hydrogen-bond acceptors (Lipinski definition) is 4. The summed E-state index contributed by atoms with van der Waals surface area (Å²) < 4.78 is 10.6. The summed E-state index contributed by atoms with van der Waals surface area (Å²) in [6, 6.07) is 3.84. The highest BCUT2D eigenvalue weighted by molar-refractivity contribution is 5.68. The van der Waals surface area contributed by atoms with E-state index in [2.05, 4.69) is 9.98 Å². The van der Waals surface area contributed by atoms with E-state index in [0.717, 1.165) is 10.4 Å². The predicted molar refractivity (Wildman–Crippen MR) is 52.9 cm³/mol. The molecule has 1 aromatic rings. The van der Waals surface area contributed by atoms with Gasteiger partial charge in [0.15, 0.2) is 24.3 Å². The highest BCUT2D eigenvalue weighted by Gasteiger charge is 2.11. The number of ether oxygens (including phenoxy) is 2. The van der Waals surface area contributed by atoms with Gasteiger partial charge in [-0.05, 0) is 12.1 Å². The van der Waals surface area contributed by atoms with E-state index in [-0.39, 0.29) is 0 Å². The SMILES string of the molecule is C1=NC=c2ccc3c(c2O1)OC=NC=3. The van der Waals surface area contributed by atoms with E-state index in [1.165, 1.54) is 12.8 Å². The van der Waals surface area contributed by atoms with Gasteiger partial charge in [0.05, 0.1) is 0 Å². The third-order valence-corrected chi connectivity index (χ3v) is 2.06. The van der Waals surface area contributed by atoms with Gasteiger partial charge in [0, 0.05) is 22.8 Å². The minimum atomic E-state index is 0.694. The first-order valence-corrected chi connectivity index (χ1v) is 4.15. The van der Waals surface area contributed by atoms with Gasteiger partial charge in [-0.15, -0.1) is 0 Å². The van der Waals surface area contributed by atoms with E-state index in [0.29, 0.717) is 11.5 Å². The van der Waals surface area contributed by atoms with Crippen molar-refractivity contribution in [1.29, 1.82) is 0 Å². The van der Waals surface area contributed by atoms with Crippen LogP contribution in [-0.4, -0.2) is 12.8 Å². The zero-order chi connectivity index (χ0) is 9.38. The summed E-state index contributed by atoms with van der Waals surface area (Å²) in [6.45, 7) is 0. The maximum Gasteiger partial charge on any atom is 0.181 e. The molecule has 0 atom stereocenters. The van der Waals surface area contributed by atoms with E-state index >= 15 is 0 Å². The fourth-order valence-electron chi connectivity index (χ4n) is 1.43. The van der Waals surface area contributed by atoms with Crippen molar-refractivity contribution < 1.29 is 9.47 Å². The standard InChI is InChI=1S/C10H6N2O2/c1-2-8-4-12-6-14-10(8)9-7(1)3-11-5-13-9/h1-6H. The summed E-state index contributed by atoms with van der Waals surface area (Å²) in [5.74, 6) is 1.39. The van der Waals surface area contributed by atoms with Crippen LogP contribution in [0.2, 0.25) is 0 Å². The van der Waals surface area contributed by atoms with E-state index in [1.807, 2.05) is 12.1 Å². The average molecular weight is 186 g/mol. The van der Waals surface area contributed by atoms with Gasteiger partial charge in [0.1, 0.15) is 0 Å². The molecule has 0 aromatic heterocycles. The first kappa shape index (κ1) is 7.32. The summed E-state index contributed by atoms with van der Waals surface area (Å²) in [5.41, 5.74) is 0. The van der Waals surface area contributed by atoms with Crippen LogP contribution in [0.25, 0.3) is 12.4 Å². The van der Waals surface area contributed by atoms with Gasteiger partial charge >= 0.3 is 0 Å². The molecule has 0 spiro atoms. The van der Waals surface area contributed by atoms with E-state index in [4.69, 9.17) is 9.47 Å². The summed E-state index contributed by atoms with van der Waals surface area (Å²) in [6.07, 6.45) is 6.23. The lowest BCUT2D eigenvalue weighted by Gasteiger charge is -2.11. The quantitative estimate of drug-likeness (QED) is 0.572. The van der Waals surface area contributed by atoms with Crippen molar-refractivity contribution in [1.82, 2.24) is 0 Å². The first-order valence-electron chi connectivity index (χ1n) is 4.15. The lowest BCUT2D eigenvalue weighted by molar-refractivity contribution is 0.492. The van der Waals surface area contributed by atoms with Gasteiger partial charge < -0.3 is 9.47 Å². The molecule has 0 saturated carbocycles. The van der Waals surface area contributed by atoms with Crippen LogP contribution in [0.4, 0.5) is 0 Å². The Morgan fingerprint density at radius 3 is 1.79 bits per heavy atom. The summed E-state index contributed by atoms with van der Waals surface area (Å²) in [7, 11) is 0. The number of benzene rings is 1. The van der Waals surface area contributed by atoms with Crippen molar-refractivity contribution in [2.75, 3.05) is 0 Å². The maximum absolute atomic E-state index is 5.29. The summed E-state index contributed by atoms with van der Waals surface area (Å²) >= 11 is 0. The maximum atomic E-state index is 5.29. The van der Waals surface area contributed by atoms with Gasteiger partial charge in [-0.2, -0.15) is 0 Å². The lowest BCUT2D eigenvalue weighted by Crippen LogP contribution is -2.20. The summed E-state index contributed by atoms with van der Waals surface area (Å²) in [5, 5.41) is 1.82. The van der Waals surface area contributed by atoms with Crippen LogP contribution in [0, 0.1) is 0 Å². The number of nitrogens with zero attached hydrogens (tertiary/aromatic N) is 2. The number of fused-ring (bicyclic) bond motifs is 3. The minimum Gasteiger partial charge on any atom is -0.441 e. The molecule has 0 radical (unpaired) electrons. The molecular weight excluding hydrogens is 180 g/mol. The predicted octanol–water partition coefficient (Wildman–Crippen LogP) is 0.00400. The van der Waals surface area contributed by atoms with Crippen LogP contribution < -0.4 is 19.9 Å². The molecule has 1 aromatic carbocycles. The van der Waals surface area contributed by atoms with Crippen LogP contribution in [0.1, 0.15) is 0 Å². The molecule has 2 heterocycles. The highest BCUT2D eigenvalue weighted by atomic mass is 16.5. The van der Waals surface area contributed by atoms with E-state index < -0.39 is 0 Å². The second-order valence-electron chi connectivity index (χ2n) is 2.91. The average Bonchev–Trinajstić information content (AvgIpc) is 2.29. The van der Waals surface area contributed by atoms with Gasteiger partial charge in [0.2, 0.25) is 0 Å². The van der Waals surface area contributed by atoms with E-state index in [9.17, 15) is 0 Å². The number of rotatable bonds is 0. The van der Waals surface area contributed by atoms with Gasteiger partial charge in [-0.3, -0.25) is 0 Å². The fraction of sp³-hybridized carbons (Fsp3) is 0. The van der Waals surface area contributed by atoms with Gasteiger partial charge in [-0.1, -0.05) is 0 Å². The molecule has 68 valence electrons.